The second-order valence-corrected chi connectivity index (χ2v) is 5.48. The molecule has 2 saturated heterocycles. The summed E-state index contributed by atoms with van der Waals surface area (Å²) in [5.74, 6) is 0. The fourth-order valence-corrected chi connectivity index (χ4v) is 3.00. The van der Waals surface area contributed by atoms with Crippen LogP contribution in [0.5, 0.6) is 0 Å². The summed E-state index contributed by atoms with van der Waals surface area (Å²) < 4.78 is 5.77. The van der Waals surface area contributed by atoms with E-state index in [0.29, 0.717) is 18.2 Å². The molecule has 0 bridgehead atoms. The SMILES string of the molecule is C[C@H]1CN(C[C@@H]2CCCCCN2)C[C@H](C)O1. The highest BCUT2D eigenvalue weighted by Gasteiger charge is 2.24. The van der Waals surface area contributed by atoms with Gasteiger partial charge in [-0.15, -0.1) is 0 Å². The van der Waals surface area contributed by atoms with E-state index in [0.717, 1.165) is 13.1 Å². The summed E-state index contributed by atoms with van der Waals surface area (Å²) in [4.78, 5) is 2.57. The highest BCUT2D eigenvalue weighted by atomic mass is 16.5. The Morgan fingerprint density at radius 2 is 1.88 bits per heavy atom. The van der Waals surface area contributed by atoms with Crippen molar-refractivity contribution in [2.75, 3.05) is 26.2 Å². The normalized spacial score (nSPS) is 38.2. The maximum atomic E-state index is 5.77. The summed E-state index contributed by atoms with van der Waals surface area (Å²) in [5.41, 5.74) is 0. The van der Waals surface area contributed by atoms with Crippen LogP contribution in [0.4, 0.5) is 0 Å². The summed E-state index contributed by atoms with van der Waals surface area (Å²) in [5, 5.41) is 3.68. The largest absolute Gasteiger partial charge is 0.373 e. The molecular formula is C13H26N2O. The van der Waals surface area contributed by atoms with Crippen molar-refractivity contribution in [2.45, 2.75) is 57.8 Å². The van der Waals surface area contributed by atoms with Crippen LogP contribution in [0.2, 0.25) is 0 Å². The highest BCUT2D eigenvalue weighted by Crippen LogP contribution is 2.14. The molecule has 0 aromatic rings. The van der Waals surface area contributed by atoms with Crippen molar-refractivity contribution in [2.24, 2.45) is 0 Å². The molecule has 3 heteroatoms. The molecule has 0 amide bonds. The zero-order chi connectivity index (χ0) is 11.4. The lowest BCUT2D eigenvalue weighted by molar-refractivity contribution is -0.0699. The molecule has 0 aromatic heterocycles. The number of nitrogens with zero attached hydrogens (tertiary/aromatic N) is 1. The molecular weight excluding hydrogens is 200 g/mol. The minimum absolute atomic E-state index is 0.398. The van der Waals surface area contributed by atoms with Crippen LogP contribution in [0.1, 0.15) is 39.5 Å². The summed E-state index contributed by atoms with van der Waals surface area (Å²) in [6, 6.07) is 0.708. The minimum atomic E-state index is 0.398. The quantitative estimate of drug-likeness (QED) is 0.774. The molecule has 3 nitrogen and oxygen atoms in total. The molecule has 94 valence electrons. The monoisotopic (exact) mass is 226 g/mol. The van der Waals surface area contributed by atoms with Crippen molar-refractivity contribution in [1.29, 1.82) is 0 Å². The van der Waals surface area contributed by atoms with Crippen LogP contribution >= 0.6 is 0 Å². The number of morpholine rings is 1. The average molecular weight is 226 g/mol. The van der Waals surface area contributed by atoms with Crippen LogP contribution in [0.15, 0.2) is 0 Å². The maximum Gasteiger partial charge on any atom is 0.0678 e. The lowest BCUT2D eigenvalue weighted by Gasteiger charge is -2.37. The first-order valence-corrected chi connectivity index (χ1v) is 6.85. The van der Waals surface area contributed by atoms with Gasteiger partial charge in [0.25, 0.3) is 0 Å². The fourth-order valence-electron chi connectivity index (χ4n) is 3.00. The van der Waals surface area contributed by atoms with E-state index in [1.54, 1.807) is 0 Å². The lowest BCUT2D eigenvalue weighted by atomic mass is 10.1. The van der Waals surface area contributed by atoms with Gasteiger partial charge in [-0.3, -0.25) is 4.90 Å². The van der Waals surface area contributed by atoms with E-state index in [4.69, 9.17) is 4.74 Å². The van der Waals surface area contributed by atoms with E-state index in [2.05, 4.69) is 24.1 Å². The van der Waals surface area contributed by atoms with Crippen molar-refractivity contribution in [1.82, 2.24) is 10.2 Å². The Labute approximate surface area is 99.5 Å². The zero-order valence-electron chi connectivity index (χ0n) is 10.7. The predicted octanol–water partition coefficient (Wildman–Crippen LogP) is 1.63. The van der Waals surface area contributed by atoms with Gasteiger partial charge >= 0.3 is 0 Å². The molecule has 0 radical (unpaired) electrons. The van der Waals surface area contributed by atoms with Crippen LogP contribution in [0.25, 0.3) is 0 Å². The second-order valence-electron chi connectivity index (χ2n) is 5.48. The number of hydrogen-bond acceptors (Lipinski definition) is 3. The number of nitrogens with one attached hydrogen (secondary N) is 1. The van der Waals surface area contributed by atoms with E-state index < -0.39 is 0 Å². The van der Waals surface area contributed by atoms with Gasteiger partial charge in [-0.25, -0.2) is 0 Å². The van der Waals surface area contributed by atoms with Crippen LogP contribution < -0.4 is 5.32 Å². The van der Waals surface area contributed by atoms with E-state index in [9.17, 15) is 0 Å². The first-order valence-electron chi connectivity index (χ1n) is 6.85. The summed E-state index contributed by atoms with van der Waals surface area (Å²) in [7, 11) is 0. The predicted molar refractivity (Wildman–Crippen MR) is 66.7 cm³/mol. The molecule has 2 aliphatic rings. The summed E-state index contributed by atoms with van der Waals surface area (Å²) >= 11 is 0. The van der Waals surface area contributed by atoms with Crippen molar-refractivity contribution >= 4 is 0 Å². The molecule has 1 N–H and O–H groups in total. The molecule has 3 atom stereocenters. The van der Waals surface area contributed by atoms with Crippen LogP contribution in [0, 0.1) is 0 Å². The summed E-state index contributed by atoms with van der Waals surface area (Å²) in [6.45, 7) is 8.98. The van der Waals surface area contributed by atoms with Gasteiger partial charge in [0.2, 0.25) is 0 Å². The molecule has 0 aliphatic carbocycles. The maximum absolute atomic E-state index is 5.77. The van der Waals surface area contributed by atoms with E-state index in [1.807, 2.05) is 0 Å². The molecule has 2 rings (SSSR count). The van der Waals surface area contributed by atoms with Gasteiger partial charge in [0.05, 0.1) is 12.2 Å². The second kappa shape index (κ2) is 5.99. The van der Waals surface area contributed by atoms with Gasteiger partial charge in [-0.05, 0) is 33.2 Å². The lowest BCUT2D eigenvalue weighted by Crippen LogP contribution is -2.50. The highest BCUT2D eigenvalue weighted by molar-refractivity contribution is 4.79. The number of hydrogen-bond donors (Lipinski definition) is 1. The third-order valence-electron chi connectivity index (χ3n) is 3.64. The van der Waals surface area contributed by atoms with Crippen LogP contribution in [-0.2, 0) is 4.74 Å². The fraction of sp³-hybridized carbons (Fsp3) is 1.00. The average Bonchev–Trinajstić information content (AvgIpc) is 2.44. The Bertz CT molecular complexity index is 192. The topological polar surface area (TPSA) is 24.5 Å². The third kappa shape index (κ3) is 3.72. The molecule has 0 unspecified atom stereocenters. The Kier molecular flexibility index (Phi) is 4.62. The minimum Gasteiger partial charge on any atom is -0.373 e. The van der Waals surface area contributed by atoms with Gasteiger partial charge in [0.15, 0.2) is 0 Å². The Hall–Kier alpha value is -0.120. The molecule has 16 heavy (non-hydrogen) atoms. The van der Waals surface area contributed by atoms with Gasteiger partial charge < -0.3 is 10.1 Å². The van der Waals surface area contributed by atoms with E-state index in [1.165, 1.54) is 38.8 Å². The number of rotatable bonds is 2. The van der Waals surface area contributed by atoms with Crippen LogP contribution in [0.3, 0.4) is 0 Å². The van der Waals surface area contributed by atoms with Crippen molar-refractivity contribution in [3.8, 4) is 0 Å². The Balaban J connectivity index is 1.78. The van der Waals surface area contributed by atoms with Crippen molar-refractivity contribution in [3.63, 3.8) is 0 Å². The molecule has 0 saturated carbocycles. The van der Waals surface area contributed by atoms with Gasteiger partial charge in [0, 0.05) is 25.7 Å². The number of ether oxygens (including phenoxy) is 1. The first kappa shape index (κ1) is 12.3. The van der Waals surface area contributed by atoms with E-state index in [-0.39, 0.29) is 0 Å². The van der Waals surface area contributed by atoms with Gasteiger partial charge in [-0.1, -0.05) is 12.8 Å². The van der Waals surface area contributed by atoms with Gasteiger partial charge in [0.1, 0.15) is 0 Å². The first-order chi connectivity index (χ1) is 7.74. The van der Waals surface area contributed by atoms with Crippen molar-refractivity contribution < 1.29 is 4.74 Å². The summed E-state index contributed by atoms with van der Waals surface area (Å²) in [6.07, 6.45) is 6.29. The molecule has 2 fully saturated rings. The zero-order valence-corrected chi connectivity index (χ0v) is 10.7. The Morgan fingerprint density at radius 1 is 1.12 bits per heavy atom. The van der Waals surface area contributed by atoms with E-state index >= 15 is 0 Å². The Morgan fingerprint density at radius 3 is 2.62 bits per heavy atom. The third-order valence-corrected chi connectivity index (χ3v) is 3.64. The standard InChI is InChI=1S/C13H26N2O/c1-11-8-15(9-12(2)16-11)10-13-6-4-3-5-7-14-13/h11-14H,3-10H2,1-2H3/t11-,12-,13-/m0/s1. The molecule has 2 heterocycles. The molecule has 0 aromatic carbocycles. The molecule has 2 aliphatic heterocycles. The smallest absolute Gasteiger partial charge is 0.0678 e. The van der Waals surface area contributed by atoms with Crippen LogP contribution in [-0.4, -0.2) is 49.3 Å². The molecule has 0 spiro atoms. The van der Waals surface area contributed by atoms with Gasteiger partial charge in [-0.2, -0.15) is 0 Å². The van der Waals surface area contributed by atoms with Crippen molar-refractivity contribution in [3.05, 3.63) is 0 Å².